The molecule has 0 aromatic heterocycles. The van der Waals surface area contributed by atoms with E-state index >= 15 is 0 Å². The fraction of sp³-hybridized carbons (Fsp3) is 0.867. The molecule has 2 N–H and O–H groups in total. The minimum Gasteiger partial charge on any atom is -0.444 e. The largest absolute Gasteiger partial charge is 0.444 e. The third-order valence-corrected chi connectivity index (χ3v) is 3.45. The van der Waals surface area contributed by atoms with Crippen molar-refractivity contribution in [1.82, 2.24) is 4.90 Å². The number of rotatable bonds is 5. The molecule has 0 saturated carbocycles. The molecule has 0 aromatic rings. The number of hydrogen-bond acceptors (Lipinski definition) is 5. The normalized spacial score (nSPS) is 18.4. The Morgan fingerprint density at radius 1 is 1.29 bits per heavy atom. The zero-order chi connectivity index (χ0) is 16.0. The van der Waals surface area contributed by atoms with Gasteiger partial charge in [-0.05, 0) is 40.5 Å². The summed E-state index contributed by atoms with van der Waals surface area (Å²) >= 11 is 0. The molecule has 1 saturated heterocycles. The van der Waals surface area contributed by atoms with E-state index in [0.29, 0.717) is 32.5 Å². The number of ketones is 1. The number of likely N-dealkylation sites (tertiary alicyclic amines) is 1. The zero-order valence-corrected chi connectivity index (χ0v) is 13.6. The Hall–Kier alpha value is -1.14. The molecule has 1 aliphatic rings. The van der Waals surface area contributed by atoms with Crippen LogP contribution < -0.4 is 5.73 Å². The van der Waals surface area contributed by atoms with Crippen LogP contribution in [0.2, 0.25) is 0 Å². The molecule has 0 radical (unpaired) electrons. The highest BCUT2D eigenvalue weighted by Gasteiger charge is 2.32. The van der Waals surface area contributed by atoms with Gasteiger partial charge in [0.05, 0.1) is 0 Å². The maximum absolute atomic E-state index is 12.3. The number of carbonyl (C=O) groups excluding carboxylic acids is 2. The first-order valence-corrected chi connectivity index (χ1v) is 7.61. The van der Waals surface area contributed by atoms with Crippen LogP contribution in [0.4, 0.5) is 4.79 Å². The smallest absolute Gasteiger partial charge is 0.410 e. The summed E-state index contributed by atoms with van der Waals surface area (Å²) in [6, 6.07) is 0. The summed E-state index contributed by atoms with van der Waals surface area (Å²) in [5, 5.41) is 0. The summed E-state index contributed by atoms with van der Waals surface area (Å²) in [7, 11) is 0. The lowest BCUT2D eigenvalue weighted by Gasteiger charge is -2.33. The molecule has 0 aromatic carbocycles. The van der Waals surface area contributed by atoms with Crippen LogP contribution >= 0.6 is 0 Å². The lowest BCUT2D eigenvalue weighted by molar-refractivity contribution is -0.135. The molecule has 0 bridgehead atoms. The molecule has 1 aliphatic heterocycles. The van der Waals surface area contributed by atoms with Crippen molar-refractivity contribution in [3.05, 3.63) is 0 Å². The third-order valence-electron chi connectivity index (χ3n) is 3.45. The number of Topliss-reactive ketones (excluding diaryl/α,β-unsaturated/α-hetero) is 1. The van der Waals surface area contributed by atoms with Crippen LogP contribution in [0, 0.1) is 5.92 Å². The van der Waals surface area contributed by atoms with E-state index in [1.807, 2.05) is 27.7 Å². The highest BCUT2D eigenvalue weighted by atomic mass is 16.6. The second kappa shape index (κ2) is 7.75. The van der Waals surface area contributed by atoms with Crippen LogP contribution in [0.5, 0.6) is 0 Å². The Morgan fingerprint density at radius 3 is 2.29 bits per heavy atom. The predicted molar refractivity (Wildman–Crippen MR) is 80.0 cm³/mol. The van der Waals surface area contributed by atoms with Crippen molar-refractivity contribution in [2.24, 2.45) is 11.7 Å². The summed E-state index contributed by atoms with van der Waals surface area (Å²) in [4.78, 5) is 25.9. The summed E-state index contributed by atoms with van der Waals surface area (Å²) in [6.45, 7) is 9.13. The van der Waals surface area contributed by atoms with Gasteiger partial charge in [-0.25, -0.2) is 4.79 Å². The molecule has 1 amide bonds. The first kappa shape index (κ1) is 17.9. The van der Waals surface area contributed by atoms with E-state index in [1.165, 1.54) is 0 Å². The molecule has 122 valence electrons. The van der Waals surface area contributed by atoms with Gasteiger partial charge in [-0.1, -0.05) is 0 Å². The second-order valence-corrected chi connectivity index (χ2v) is 6.32. The molecular formula is C15H28N2O4. The third kappa shape index (κ3) is 5.63. The van der Waals surface area contributed by atoms with Gasteiger partial charge in [0, 0.05) is 32.2 Å². The van der Waals surface area contributed by atoms with E-state index in [9.17, 15) is 9.59 Å². The molecule has 1 fully saturated rings. The number of carbonyl (C=O) groups is 2. The van der Waals surface area contributed by atoms with Gasteiger partial charge >= 0.3 is 6.09 Å². The van der Waals surface area contributed by atoms with Crippen molar-refractivity contribution < 1.29 is 19.1 Å². The summed E-state index contributed by atoms with van der Waals surface area (Å²) < 4.78 is 10.7. The first-order chi connectivity index (χ1) is 9.78. The molecule has 0 spiro atoms. The molecule has 6 heteroatoms. The SMILES string of the molecule is CCOC(CN)C(=O)C1CCN(C(=O)OC(C)(C)C)CC1. The van der Waals surface area contributed by atoms with Crippen LogP contribution in [-0.2, 0) is 14.3 Å². The van der Waals surface area contributed by atoms with Crippen LogP contribution in [0.1, 0.15) is 40.5 Å². The quantitative estimate of drug-likeness (QED) is 0.833. The Balaban J connectivity index is 2.48. The molecule has 0 aliphatic carbocycles. The van der Waals surface area contributed by atoms with Crippen LogP contribution in [-0.4, -0.2) is 54.7 Å². The van der Waals surface area contributed by atoms with E-state index in [4.69, 9.17) is 15.2 Å². The number of ether oxygens (including phenoxy) is 2. The van der Waals surface area contributed by atoms with Crippen LogP contribution in [0.15, 0.2) is 0 Å². The number of nitrogens with zero attached hydrogens (tertiary/aromatic N) is 1. The van der Waals surface area contributed by atoms with Gasteiger partial charge < -0.3 is 20.1 Å². The van der Waals surface area contributed by atoms with E-state index in [0.717, 1.165) is 0 Å². The number of hydrogen-bond donors (Lipinski definition) is 1. The minimum atomic E-state index is -0.520. The minimum absolute atomic E-state index is 0.0585. The van der Waals surface area contributed by atoms with Gasteiger partial charge in [0.15, 0.2) is 5.78 Å². The molecule has 21 heavy (non-hydrogen) atoms. The molecule has 1 unspecified atom stereocenters. The molecule has 1 heterocycles. The van der Waals surface area contributed by atoms with Crippen molar-refractivity contribution in [2.45, 2.75) is 52.2 Å². The summed E-state index contributed by atoms with van der Waals surface area (Å²) in [5.74, 6) is -0.0213. The Bertz CT molecular complexity index is 357. The monoisotopic (exact) mass is 300 g/mol. The van der Waals surface area contributed by atoms with E-state index < -0.39 is 11.7 Å². The molecular weight excluding hydrogens is 272 g/mol. The molecule has 1 atom stereocenters. The first-order valence-electron chi connectivity index (χ1n) is 7.61. The maximum atomic E-state index is 12.3. The van der Waals surface area contributed by atoms with E-state index in [-0.39, 0.29) is 24.3 Å². The van der Waals surface area contributed by atoms with Crippen molar-refractivity contribution in [3.8, 4) is 0 Å². The number of amides is 1. The topological polar surface area (TPSA) is 81.9 Å². The predicted octanol–water partition coefficient (Wildman–Crippen LogP) is 1.57. The van der Waals surface area contributed by atoms with Crippen molar-refractivity contribution >= 4 is 11.9 Å². The summed E-state index contributed by atoms with van der Waals surface area (Å²) in [5.41, 5.74) is 5.08. The highest BCUT2D eigenvalue weighted by Crippen LogP contribution is 2.22. The number of nitrogens with two attached hydrogens (primary N) is 1. The zero-order valence-electron chi connectivity index (χ0n) is 13.6. The van der Waals surface area contributed by atoms with Gasteiger partial charge in [0.25, 0.3) is 0 Å². The lowest BCUT2D eigenvalue weighted by atomic mass is 9.90. The van der Waals surface area contributed by atoms with Crippen molar-refractivity contribution in [3.63, 3.8) is 0 Å². The van der Waals surface area contributed by atoms with Crippen LogP contribution in [0.25, 0.3) is 0 Å². The van der Waals surface area contributed by atoms with Gasteiger partial charge in [-0.3, -0.25) is 4.79 Å². The average molecular weight is 300 g/mol. The van der Waals surface area contributed by atoms with Gasteiger partial charge in [0.1, 0.15) is 11.7 Å². The standard InChI is InChI=1S/C15H28N2O4/c1-5-20-12(10-16)13(18)11-6-8-17(9-7-11)14(19)21-15(2,3)4/h11-12H,5-10,16H2,1-4H3. The average Bonchev–Trinajstić information content (AvgIpc) is 2.42. The Kier molecular flexibility index (Phi) is 6.61. The van der Waals surface area contributed by atoms with Gasteiger partial charge in [0.2, 0.25) is 0 Å². The van der Waals surface area contributed by atoms with E-state index in [1.54, 1.807) is 4.90 Å². The van der Waals surface area contributed by atoms with E-state index in [2.05, 4.69) is 0 Å². The van der Waals surface area contributed by atoms with Crippen molar-refractivity contribution in [2.75, 3.05) is 26.2 Å². The lowest BCUT2D eigenvalue weighted by Crippen LogP contribution is -2.45. The highest BCUT2D eigenvalue weighted by molar-refractivity contribution is 5.86. The maximum Gasteiger partial charge on any atom is 0.410 e. The Morgan fingerprint density at radius 2 is 1.86 bits per heavy atom. The van der Waals surface area contributed by atoms with Crippen LogP contribution in [0.3, 0.4) is 0 Å². The molecule has 1 rings (SSSR count). The summed E-state index contributed by atoms with van der Waals surface area (Å²) in [6.07, 6.45) is 0.449. The van der Waals surface area contributed by atoms with Gasteiger partial charge in [-0.15, -0.1) is 0 Å². The Labute approximate surface area is 126 Å². The number of piperidine rings is 1. The van der Waals surface area contributed by atoms with Crippen molar-refractivity contribution in [1.29, 1.82) is 0 Å². The fourth-order valence-corrected chi connectivity index (χ4v) is 2.40. The van der Waals surface area contributed by atoms with Gasteiger partial charge in [-0.2, -0.15) is 0 Å². The second-order valence-electron chi connectivity index (χ2n) is 6.32. The molecule has 6 nitrogen and oxygen atoms in total. The fourth-order valence-electron chi connectivity index (χ4n) is 2.40.